The third-order valence-electron chi connectivity index (χ3n) is 6.92. The van der Waals surface area contributed by atoms with Crippen LogP contribution in [0.4, 0.5) is 4.39 Å². The number of hydrogen-bond donors (Lipinski definition) is 0. The Balaban J connectivity index is 1.23. The van der Waals surface area contributed by atoms with Gasteiger partial charge in [0.15, 0.2) is 0 Å². The first-order valence-electron chi connectivity index (χ1n) is 11.2. The Bertz CT molecular complexity index is 970. The number of alkyl halides is 1. The van der Waals surface area contributed by atoms with Crippen LogP contribution in [0.5, 0.6) is 5.75 Å². The summed E-state index contributed by atoms with van der Waals surface area (Å²) in [5, 5.41) is 0.623. The van der Waals surface area contributed by atoms with Crippen molar-refractivity contribution in [2.45, 2.75) is 44.4 Å². The Morgan fingerprint density at radius 1 is 1.13 bits per heavy atom. The number of carbonyl (C=O) groups excluding carboxylic acids is 1. The molecule has 0 aromatic heterocycles. The minimum atomic E-state index is -1.48. The van der Waals surface area contributed by atoms with E-state index < -0.39 is 5.67 Å². The molecule has 0 N–H and O–H groups in total. The predicted octanol–water partition coefficient (Wildman–Crippen LogP) is 4.93. The first-order chi connectivity index (χ1) is 15.0. The van der Waals surface area contributed by atoms with E-state index in [1.165, 1.54) is 12.8 Å². The molecule has 0 unspecified atom stereocenters. The number of benzene rings is 2. The van der Waals surface area contributed by atoms with Gasteiger partial charge in [0, 0.05) is 29.6 Å². The zero-order valence-corrected chi connectivity index (χ0v) is 18.4. The number of rotatable bonds is 4. The molecule has 1 aliphatic carbocycles. The smallest absolute Gasteiger partial charge is 0.226 e. The summed E-state index contributed by atoms with van der Waals surface area (Å²) in [7, 11) is 0. The van der Waals surface area contributed by atoms with Gasteiger partial charge in [-0.3, -0.25) is 9.69 Å². The maximum absolute atomic E-state index is 15.6. The summed E-state index contributed by atoms with van der Waals surface area (Å²) in [5.41, 5.74) is 1.16. The topological polar surface area (TPSA) is 32.8 Å². The molecule has 0 atom stereocenters. The highest BCUT2D eigenvalue weighted by atomic mass is 35.5. The molecule has 2 aliphatic heterocycles. The standard InChI is InChI=1S/C25H28ClFN2O2/c26-22-13-21(8-7-18(22)16-28-9-3-4-10-28)25(27)14-20(15-25)24(30)29-11-12-31-23-6-2-1-5-19(23)17-29/h1-2,5-8,13,20H,3-4,9-12,14-17H2. The summed E-state index contributed by atoms with van der Waals surface area (Å²) in [4.78, 5) is 17.2. The molecule has 31 heavy (non-hydrogen) atoms. The number of carbonyl (C=O) groups is 1. The maximum atomic E-state index is 15.6. The lowest BCUT2D eigenvalue weighted by molar-refractivity contribution is -0.146. The van der Waals surface area contributed by atoms with Crippen LogP contribution in [-0.2, 0) is 23.6 Å². The van der Waals surface area contributed by atoms with E-state index in [-0.39, 0.29) is 24.7 Å². The number of fused-ring (bicyclic) bond motifs is 1. The molecule has 2 aromatic carbocycles. The van der Waals surface area contributed by atoms with Crippen molar-refractivity contribution in [2.24, 2.45) is 5.92 Å². The van der Waals surface area contributed by atoms with Gasteiger partial charge in [0.25, 0.3) is 0 Å². The fourth-order valence-electron chi connectivity index (χ4n) is 5.04. The van der Waals surface area contributed by atoms with E-state index in [1.807, 2.05) is 41.3 Å². The van der Waals surface area contributed by atoms with Gasteiger partial charge in [-0.2, -0.15) is 0 Å². The van der Waals surface area contributed by atoms with Crippen LogP contribution >= 0.6 is 11.6 Å². The van der Waals surface area contributed by atoms with Crippen LogP contribution in [0.15, 0.2) is 42.5 Å². The number of hydrogen-bond acceptors (Lipinski definition) is 3. The summed E-state index contributed by atoms with van der Waals surface area (Å²) in [6.45, 7) is 4.52. The zero-order chi connectivity index (χ0) is 21.4. The summed E-state index contributed by atoms with van der Waals surface area (Å²) in [6.07, 6.45) is 2.89. The molecule has 0 spiro atoms. The first kappa shape index (κ1) is 20.8. The van der Waals surface area contributed by atoms with Crippen molar-refractivity contribution >= 4 is 17.5 Å². The predicted molar refractivity (Wildman–Crippen MR) is 119 cm³/mol. The van der Waals surface area contributed by atoms with Gasteiger partial charge in [-0.15, -0.1) is 0 Å². The summed E-state index contributed by atoms with van der Waals surface area (Å²) in [5.74, 6) is 0.554. The van der Waals surface area contributed by atoms with E-state index >= 15 is 4.39 Å². The average molecular weight is 443 g/mol. The van der Waals surface area contributed by atoms with Crippen LogP contribution < -0.4 is 4.74 Å². The molecule has 2 fully saturated rings. The monoisotopic (exact) mass is 442 g/mol. The molecule has 0 bridgehead atoms. The van der Waals surface area contributed by atoms with Crippen LogP contribution in [0.1, 0.15) is 42.4 Å². The minimum absolute atomic E-state index is 0.0188. The molecule has 2 aromatic rings. The zero-order valence-electron chi connectivity index (χ0n) is 17.7. The Morgan fingerprint density at radius 2 is 1.90 bits per heavy atom. The largest absolute Gasteiger partial charge is 0.491 e. The number of nitrogens with zero attached hydrogens (tertiary/aromatic N) is 2. The SMILES string of the molecule is O=C(C1CC(F)(c2ccc(CN3CCCC3)c(Cl)c2)C1)N1CCOc2ccccc2C1. The Hall–Kier alpha value is -2.11. The second kappa shape index (κ2) is 8.44. The molecule has 5 rings (SSSR count). The van der Waals surface area contributed by atoms with Crippen LogP contribution in [0.3, 0.4) is 0 Å². The molecule has 164 valence electrons. The van der Waals surface area contributed by atoms with Crippen LogP contribution in [0.25, 0.3) is 0 Å². The van der Waals surface area contributed by atoms with Crippen LogP contribution in [-0.4, -0.2) is 41.9 Å². The van der Waals surface area contributed by atoms with Crippen molar-refractivity contribution < 1.29 is 13.9 Å². The van der Waals surface area contributed by atoms with E-state index in [0.29, 0.717) is 30.3 Å². The van der Waals surface area contributed by atoms with Gasteiger partial charge in [0.1, 0.15) is 18.0 Å². The van der Waals surface area contributed by atoms with Crippen LogP contribution in [0.2, 0.25) is 5.02 Å². The molecular weight excluding hydrogens is 415 g/mol. The van der Waals surface area contributed by atoms with Gasteiger partial charge >= 0.3 is 0 Å². The van der Waals surface area contributed by atoms with E-state index in [9.17, 15) is 4.79 Å². The summed E-state index contributed by atoms with van der Waals surface area (Å²) < 4.78 is 21.3. The van der Waals surface area contributed by atoms with Gasteiger partial charge in [-0.25, -0.2) is 4.39 Å². The molecule has 2 heterocycles. The highest BCUT2D eigenvalue weighted by molar-refractivity contribution is 6.31. The molecule has 0 radical (unpaired) electrons. The lowest BCUT2D eigenvalue weighted by atomic mass is 9.68. The van der Waals surface area contributed by atoms with Crippen molar-refractivity contribution in [3.8, 4) is 5.75 Å². The highest BCUT2D eigenvalue weighted by Crippen LogP contribution is 2.50. The number of para-hydroxylation sites is 1. The normalized spacial score (nSPS) is 26.0. The number of halogens is 2. The molecule has 4 nitrogen and oxygen atoms in total. The molecule has 1 saturated carbocycles. The highest BCUT2D eigenvalue weighted by Gasteiger charge is 2.50. The van der Waals surface area contributed by atoms with Gasteiger partial charge < -0.3 is 9.64 Å². The van der Waals surface area contributed by atoms with Gasteiger partial charge in [0.05, 0.1) is 6.54 Å². The van der Waals surface area contributed by atoms with Crippen molar-refractivity contribution in [2.75, 3.05) is 26.2 Å². The summed E-state index contributed by atoms with van der Waals surface area (Å²) in [6, 6.07) is 13.4. The lowest BCUT2D eigenvalue weighted by Gasteiger charge is -2.42. The first-order valence-corrected chi connectivity index (χ1v) is 11.6. The molecule has 6 heteroatoms. The molecule has 1 saturated heterocycles. The quantitative estimate of drug-likeness (QED) is 0.672. The van der Waals surface area contributed by atoms with Gasteiger partial charge in [0.2, 0.25) is 5.91 Å². The van der Waals surface area contributed by atoms with Gasteiger partial charge in [-0.05, 0) is 62.0 Å². The second-order valence-electron chi connectivity index (χ2n) is 9.08. The third kappa shape index (κ3) is 4.18. The van der Waals surface area contributed by atoms with Crippen molar-refractivity contribution in [1.82, 2.24) is 9.80 Å². The molecular formula is C25H28ClFN2O2. The van der Waals surface area contributed by atoms with Crippen molar-refractivity contribution in [3.05, 3.63) is 64.2 Å². The maximum Gasteiger partial charge on any atom is 0.226 e. The summed E-state index contributed by atoms with van der Waals surface area (Å²) >= 11 is 6.50. The lowest BCUT2D eigenvalue weighted by Crippen LogP contribution is -2.47. The van der Waals surface area contributed by atoms with E-state index in [1.54, 1.807) is 6.07 Å². The Kier molecular flexibility index (Phi) is 5.65. The fraction of sp³-hybridized carbons (Fsp3) is 0.480. The fourth-order valence-corrected chi connectivity index (χ4v) is 5.28. The Morgan fingerprint density at radius 3 is 2.68 bits per heavy atom. The number of amides is 1. The molecule has 3 aliphatic rings. The van der Waals surface area contributed by atoms with Crippen LogP contribution in [0, 0.1) is 5.92 Å². The number of ether oxygens (including phenoxy) is 1. The Labute approximate surface area is 187 Å². The van der Waals surface area contributed by atoms with E-state index in [0.717, 1.165) is 36.5 Å². The molecule has 1 amide bonds. The minimum Gasteiger partial charge on any atom is -0.491 e. The third-order valence-corrected chi connectivity index (χ3v) is 7.27. The number of likely N-dealkylation sites (tertiary alicyclic amines) is 1. The average Bonchev–Trinajstić information content (AvgIpc) is 3.16. The van der Waals surface area contributed by atoms with Crippen molar-refractivity contribution in [3.63, 3.8) is 0 Å². The van der Waals surface area contributed by atoms with E-state index in [4.69, 9.17) is 16.3 Å². The van der Waals surface area contributed by atoms with E-state index in [2.05, 4.69) is 4.90 Å². The van der Waals surface area contributed by atoms with Crippen molar-refractivity contribution in [1.29, 1.82) is 0 Å². The second-order valence-corrected chi connectivity index (χ2v) is 9.48. The van der Waals surface area contributed by atoms with Gasteiger partial charge in [-0.1, -0.05) is 41.9 Å².